The van der Waals surface area contributed by atoms with Crippen LogP contribution in [0.4, 0.5) is 0 Å². The molecule has 0 spiro atoms. The molecule has 5 heteroatoms. The Morgan fingerprint density at radius 2 is 1.00 bits per heavy atom. The summed E-state index contributed by atoms with van der Waals surface area (Å²) in [6, 6.07) is 26.6. The van der Waals surface area contributed by atoms with Gasteiger partial charge in [0.05, 0.1) is 0 Å². The fourth-order valence-corrected chi connectivity index (χ4v) is 11.6. The molecule has 0 saturated carbocycles. The van der Waals surface area contributed by atoms with Gasteiger partial charge < -0.3 is 0 Å². The van der Waals surface area contributed by atoms with Crippen molar-refractivity contribution in [2.75, 3.05) is 0 Å². The topological polar surface area (TPSA) is 25.8 Å². The van der Waals surface area contributed by atoms with Gasteiger partial charge in [0.1, 0.15) is 0 Å². The van der Waals surface area contributed by atoms with E-state index in [1.165, 1.54) is 33.4 Å². The van der Waals surface area contributed by atoms with Gasteiger partial charge in [-0.05, 0) is 0 Å². The van der Waals surface area contributed by atoms with Crippen molar-refractivity contribution in [3.8, 4) is 0 Å². The van der Waals surface area contributed by atoms with Gasteiger partial charge in [0.25, 0.3) is 0 Å². The first-order chi connectivity index (χ1) is 18.0. The average Bonchev–Trinajstić information content (AvgIpc) is 3.50. The van der Waals surface area contributed by atoms with Gasteiger partial charge >= 0.3 is 233 Å². The fourth-order valence-electron chi connectivity index (χ4n) is 6.12. The molecule has 2 atom stereocenters. The molecule has 0 bridgehead atoms. The predicted molar refractivity (Wildman–Crippen MR) is 164 cm³/mol. The van der Waals surface area contributed by atoms with Gasteiger partial charge in [0.2, 0.25) is 0 Å². The summed E-state index contributed by atoms with van der Waals surface area (Å²) in [6.45, 7) is 9.18. The van der Waals surface area contributed by atoms with Gasteiger partial charge in [-0.15, -0.1) is 24.8 Å². The summed E-state index contributed by atoms with van der Waals surface area (Å²) < 4.78 is -0.412. The van der Waals surface area contributed by atoms with E-state index in [0.717, 1.165) is 11.4 Å². The normalized spacial score (nSPS) is 20.4. The number of nitrogens with zero attached hydrogens (tertiary/aromatic N) is 2. The summed E-state index contributed by atoms with van der Waals surface area (Å²) in [5, 5.41) is 0. The molecule has 0 N–H and O–H groups in total. The van der Waals surface area contributed by atoms with Gasteiger partial charge in [0.15, 0.2) is 0 Å². The number of fused-ring (bicyclic) bond motifs is 2. The quantitative estimate of drug-likeness (QED) is 0.212. The van der Waals surface area contributed by atoms with Crippen molar-refractivity contribution in [2.24, 2.45) is 0 Å². The van der Waals surface area contributed by atoms with Crippen molar-refractivity contribution in [1.82, 2.24) is 9.97 Å². The second-order valence-corrected chi connectivity index (χ2v) is 15.3. The smallest absolute Gasteiger partial charge is 0.147 e. The van der Waals surface area contributed by atoms with E-state index in [-0.39, 0.29) is 31.1 Å². The minimum atomic E-state index is -1.46. The van der Waals surface area contributed by atoms with E-state index in [0.29, 0.717) is 11.8 Å². The Kier molecular flexibility index (Phi) is 8.87. The number of hydrogen-bond donors (Lipinski definition) is 0. The molecule has 0 radical (unpaired) electrons. The molecule has 0 aliphatic heterocycles. The molecule has 2 aliphatic rings. The molecule has 2 aliphatic carbocycles. The Labute approximate surface area is 256 Å². The molecule has 0 saturated heterocycles. The average molecular weight is 633 g/mol. The molecule has 39 heavy (non-hydrogen) atoms. The molecule has 2 heterocycles. The number of rotatable bonds is 6. The van der Waals surface area contributed by atoms with Crippen LogP contribution in [0.5, 0.6) is 0 Å². The third kappa shape index (κ3) is 4.82. The summed E-state index contributed by atoms with van der Waals surface area (Å²) >= 11 is -1.46. The third-order valence-corrected chi connectivity index (χ3v) is 13.2. The van der Waals surface area contributed by atoms with Crippen LogP contribution in [0, 0.1) is 0 Å². The van der Waals surface area contributed by atoms with Crippen LogP contribution in [0.2, 0.25) is 0 Å². The number of aromatic nitrogens is 2. The minimum absolute atomic E-state index is 0. The largest absolute Gasteiger partial charge is 0.147 e. The van der Waals surface area contributed by atoms with Crippen molar-refractivity contribution < 1.29 is 23.2 Å². The Hall–Kier alpha value is -2.32. The maximum atomic E-state index is 5.02. The fraction of sp³-hybridized carbons (Fsp3) is 0.235. The standard InChI is InChI=1S/2C17H16N.2ClH.Zr/c2*1-12(2)13-6-5-7-14-15(13)9-10-16(14)17-8-3-4-11-18-17;;;/h2*3-12H,1-2H3;2*1H;. The molecule has 2 aromatic carbocycles. The number of pyridine rings is 2. The summed E-state index contributed by atoms with van der Waals surface area (Å²) in [6.07, 6.45) is 13.7. The molecule has 2 unspecified atom stereocenters. The molecular formula is C34H34Cl2N2Zr. The summed E-state index contributed by atoms with van der Waals surface area (Å²) in [5.74, 6) is 0.935. The van der Waals surface area contributed by atoms with Crippen molar-refractivity contribution in [2.45, 2.75) is 45.8 Å². The zero-order valence-electron chi connectivity index (χ0n) is 22.8. The van der Waals surface area contributed by atoms with Crippen LogP contribution in [0.25, 0.3) is 12.2 Å². The van der Waals surface area contributed by atoms with Crippen LogP contribution in [-0.4, -0.2) is 9.97 Å². The van der Waals surface area contributed by atoms with Crippen LogP contribution in [-0.2, 0) is 29.5 Å². The van der Waals surface area contributed by atoms with Gasteiger partial charge in [-0.2, -0.15) is 0 Å². The van der Waals surface area contributed by atoms with Crippen LogP contribution >= 0.6 is 24.8 Å². The zero-order valence-corrected chi connectivity index (χ0v) is 26.8. The van der Waals surface area contributed by atoms with E-state index in [2.05, 4.69) is 113 Å². The van der Waals surface area contributed by atoms with E-state index in [4.69, 9.17) is 9.97 Å². The number of allylic oxidation sites excluding steroid dienone is 2. The first-order valence-electron chi connectivity index (χ1n) is 13.2. The summed E-state index contributed by atoms with van der Waals surface area (Å²) in [5.41, 5.74) is 10.8. The second kappa shape index (κ2) is 11.7. The summed E-state index contributed by atoms with van der Waals surface area (Å²) in [7, 11) is 0. The van der Waals surface area contributed by atoms with Gasteiger partial charge in [-0.3, -0.25) is 0 Å². The van der Waals surface area contributed by atoms with Crippen LogP contribution in [0.1, 0.15) is 84.3 Å². The van der Waals surface area contributed by atoms with E-state index in [1.807, 2.05) is 24.5 Å². The molecule has 6 rings (SSSR count). The van der Waals surface area contributed by atoms with Crippen molar-refractivity contribution in [3.05, 3.63) is 142 Å². The molecule has 4 aromatic rings. The second-order valence-electron chi connectivity index (χ2n) is 10.8. The van der Waals surface area contributed by atoms with Crippen molar-refractivity contribution in [1.29, 1.82) is 0 Å². The first-order valence-corrected chi connectivity index (χ1v) is 15.7. The third-order valence-electron chi connectivity index (χ3n) is 7.91. The predicted octanol–water partition coefficient (Wildman–Crippen LogP) is 8.89. The zero-order chi connectivity index (χ0) is 25.6. The van der Waals surface area contributed by atoms with E-state index in [1.54, 1.807) is 0 Å². The van der Waals surface area contributed by atoms with Gasteiger partial charge in [-0.25, -0.2) is 0 Å². The molecule has 2 nitrogen and oxygen atoms in total. The molecule has 2 aromatic heterocycles. The molecular weight excluding hydrogens is 599 g/mol. The van der Waals surface area contributed by atoms with Crippen molar-refractivity contribution >= 4 is 37.0 Å². The monoisotopic (exact) mass is 630 g/mol. The van der Waals surface area contributed by atoms with Gasteiger partial charge in [0, 0.05) is 0 Å². The number of halogens is 2. The Morgan fingerprint density at radius 1 is 0.564 bits per heavy atom. The minimum Gasteiger partial charge on any atom is -0.147 e. The van der Waals surface area contributed by atoms with Crippen LogP contribution in [0.3, 0.4) is 0 Å². The Bertz CT molecular complexity index is 1400. The van der Waals surface area contributed by atoms with Crippen LogP contribution in [0.15, 0.2) is 97.3 Å². The number of benzene rings is 2. The Balaban J connectivity index is 0.00000176. The van der Waals surface area contributed by atoms with Crippen molar-refractivity contribution in [3.63, 3.8) is 0 Å². The SMILES string of the molecule is CC(C)c1cccc2c1C=C[C]2([Zr][C]1(c2ccccn2)C=Cc2c(C(C)C)cccc21)c1ccccn1.Cl.Cl. The maximum Gasteiger partial charge on any atom is -0.147 e. The summed E-state index contributed by atoms with van der Waals surface area (Å²) in [4.78, 5) is 10.0. The van der Waals surface area contributed by atoms with E-state index < -0.39 is 23.2 Å². The van der Waals surface area contributed by atoms with Crippen LogP contribution < -0.4 is 0 Å². The molecule has 0 amide bonds. The maximum absolute atomic E-state index is 5.02. The first kappa shape index (κ1) is 29.7. The van der Waals surface area contributed by atoms with Gasteiger partial charge in [-0.1, -0.05) is 0 Å². The molecule has 198 valence electrons. The Morgan fingerprint density at radius 3 is 1.36 bits per heavy atom. The van der Waals surface area contributed by atoms with E-state index in [9.17, 15) is 0 Å². The van der Waals surface area contributed by atoms with E-state index >= 15 is 0 Å². The molecule has 0 fully saturated rings. The number of hydrogen-bond acceptors (Lipinski definition) is 2.